The molecule has 2 N–H and O–H groups in total. The van der Waals surface area contributed by atoms with E-state index in [0.29, 0.717) is 12.3 Å². The van der Waals surface area contributed by atoms with Gasteiger partial charge in [-0.25, -0.2) is 4.79 Å². The number of urea groups is 1. The predicted molar refractivity (Wildman–Crippen MR) is 106 cm³/mol. The molecule has 148 valence electrons. The van der Waals surface area contributed by atoms with Crippen molar-refractivity contribution >= 4 is 23.7 Å². The number of nitrogens with one attached hydrogen (secondary N) is 2. The molecular formula is C20H19N5O3S. The van der Waals surface area contributed by atoms with Crippen molar-refractivity contribution in [2.24, 2.45) is 7.05 Å². The van der Waals surface area contributed by atoms with E-state index in [-0.39, 0.29) is 5.91 Å². The highest BCUT2D eigenvalue weighted by Crippen LogP contribution is 2.34. The van der Waals surface area contributed by atoms with E-state index in [2.05, 4.69) is 20.7 Å². The van der Waals surface area contributed by atoms with Gasteiger partial charge in [-0.15, -0.1) is 0 Å². The van der Waals surface area contributed by atoms with Gasteiger partial charge in [0.2, 0.25) is 0 Å². The van der Waals surface area contributed by atoms with Crippen LogP contribution in [0.4, 0.5) is 4.79 Å². The normalized spacial score (nSPS) is 15.9. The number of amides is 3. The first kappa shape index (κ1) is 19.0. The van der Waals surface area contributed by atoms with Crippen molar-refractivity contribution in [1.29, 1.82) is 0 Å². The number of hydrogen-bond donors (Lipinski definition) is 2. The number of carbonyl (C=O) groups is 2. The van der Waals surface area contributed by atoms with Gasteiger partial charge in [-0.1, -0.05) is 11.8 Å². The van der Waals surface area contributed by atoms with Gasteiger partial charge in [-0.2, -0.15) is 5.10 Å². The topological polar surface area (TPSA) is 98.1 Å². The minimum Gasteiger partial charge on any atom is -0.489 e. The first-order valence-corrected chi connectivity index (χ1v) is 9.77. The smallest absolute Gasteiger partial charge is 0.322 e. The van der Waals surface area contributed by atoms with Crippen LogP contribution in [0.3, 0.4) is 0 Å². The number of ether oxygens (including phenoxy) is 1. The van der Waals surface area contributed by atoms with Crippen molar-refractivity contribution in [2.45, 2.75) is 29.4 Å². The zero-order valence-electron chi connectivity index (χ0n) is 15.9. The van der Waals surface area contributed by atoms with E-state index >= 15 is 0 Å². The third kappa shape index (κ3) is 4.24. The molecule has 4 rings (SSSR count). The number of hydrogen-bond acceptors (Lipinski definition) is 6. The average molecular weight is 409 g/mol. The standard InChI is InChI=1S/C20H19N5O3S/c1-12-9-13(7-8-21-12)11-28-14-3-5-15(6-4-14)29-16-10-22-25(2)18(16)17-19(26)24-20(27)23-17/h3-10,17H,11H2,1-2H3,(H2,23,24,26,27). The van der Waals surface area contributed by atoms with Crippen molar-refractivity contribution in [3.63, 3.8) is 0 Å². The molecule has 1 saturated heterocycles. The second-order valence-electron chi connectivity index (χ2n) is 6.58. The highest BCUT2D eigenvalue weighted by atomic mass is 32.2. The van der Waals surface area contributed by atoms with Crippen molar-refractivity contribution in [3.05, 3.63) is 65.7 Å². The minimum atomic E-state index is -0.746. The molecule has 1 aliphatic rings. The molecule has 1 aromatic carbocycles. The summed E-state index contributed by atoms with van der Waals surface area (Å²) < 4.78 is 7.44. The fourth-order valence-corrected chi connectivity index (χ4v) is 4.02. The third-order valence-corrected chi connectivity index (χ3v) is 5.46. The highest BCUT2D eigenvalue weighted by Gasteiger charge is 2.35. The zero-order chi connectivity index (χ0) is 20.4. The fraction of sp³-hybridized carbons (Fsp3) is 0.200. The molecule has 1 atom stereocenters. The number of benzene rings is 1. The Kier molecular flexibility index (Phi) is 5.22. The Bertz CT molecular complexity index is 1060. The van der Waals surface area contributed by atoms with Gasteiger partial charge in [0.05, 0.1) is 16.8 Å². The van der Waals surface area contributed by atoms with Crippen LogP contribution in [0.5, 0.6) is 5.75 Å². The third-order valence-electron chi connectivity index (χ3n) is 4.42. The Balaban J connectivity index is 1.44. The number of aryl methyl sites for hydroxylation is 2. The molecule has 1 fully saturated rings. The predicted octanol–water partition coefficient (Wildman–Crippen LogP) is 2.73. The number of aromatic nitrogens is 3. The van der Waals surface area contributed by atoms with Crippen molar-refractivity contribution in [2.75, 3.05) is 0 Å². The van der Waals surface area contributed by atoms with Crippen LogP contribution in [0.2, 0.25) is 0 Å². The van der Waals surface area contributed by atoms with E-state index in [0.717, 1.165) is 26.8 Å². The highest BCUT2D eigenvalue weighted by molar-refractivity contribution is 7.99. The Morgan fingerprint density at radius 2 is 2.00 bits per heavy atom. The van der Waals surface area contributed by atoms with Crippen LogP contribution in [0, 0.1) is 6.92 Å². The van der Waals surface area contributed by atoms with E-state index in [1.807, 2.05) is 43.3 Å². The summed E-state index contributed by atoms with van der Waals surface area (Å²) in [6.07, 6.45) is 3.46. The summed E-state index contributed by atoms with van der Waals surface area (Å²) in [6.45, 7) is 2.42. The molecule has 9 heteroatoms. The lowest BCUT2D eigenvalue weighted by molar-refractivity contribution is -0.120. The summed E-state index contributed by atoms with van der Waals surface area (Å²) in [5.41, 5.74) is 2.66. The van der Waals surface area contributed by atoms with E-state index in [9.17, 15) is 9.59 Å². The second kappa shape index (κ2) is 7.96. The number of imide groups is 1. The average Bonchev–Trinajstić information content (AvgIpc) is 3.22. The van der Waals surface area contributed by atoms with Crippen molar-refractivity contribution in [1.82, 2.24) is 25.4 Å². The molecule has 0 bridgehead atoms. The van der Waals surface area contributed by atoms with Crippen LogP contribution < -0.4 is 15.4 Å². The Morgan fingerprint density at radius 1 is 1.21 bits per heavy atom. The SMILES string of the molecule is Cc1cc(COc2ccc(Sc3cnn(C)c3C3NC(=O)NC3=O)cc2)ccn1. The molecule has 3 aromatic rings. The van der Waals surface area contributed by atoms with Gasteiger partial charge in [0.25, 0.3) is 5.91 Å². The van der Waals surface area contributed by atoms with Crippen molar-refractivity contribution in [3.8, 4) is 5.75 Å². The maximum absolute atomic E-state index is 12.0. The zero-order valence-corrected chi connectivity index (χ0v) is 16.7. The molecule has 3 heterocycles. The molecule has 0 saturated carbocycles. The molecule has 29 heavy (non-hydrogen) atoms. The lowest BCUT2D eigenvalue weighted by Crippen LogP contribution is -2.23. The first-order valence-electron chi connectivity index (χ1n) is 8.95. The maximum atomic E-state index is 12.0. The Hall–Kier alpha value is -3.33. The van der Waals surface area contributed by atoms with E-state index in [1.165, 1.54) is 11.8 Å². The van der Waals surface area contributed by atoms with Gasteiger partial charge in [0.1, 0.15) is 12.4 Å². The van der Waals surface area contributed by atoms with Crippen LogP contribution in [0.25, 0.3) is 0 Å². The van der Waals surface area contributed by atoms with Crippen LogP contribution in [-0.4, -0.2) is 26.7 Å². The Labute approximate surface area is 171 Å². The summed E-state index contributed by atoms with van der Waals surface area (Å²) in [5, 5.41) is 9.11. The van der Waals surface area contributed by atoms with Crippen LogP contribution in [0.15, 0.2) is 58.6 Å². The molecule has 8 nitrogen and oxygen atoms in total. The number of nitrogens with zero attached hydrogens (tertiary/aromatic N) is 3. The number of rotatable bonds is 6. The molecule has 1 unspecified atom stereocenters. The summed E-state index contributed by atoms with van der Waals surface area (Å²) in [5.74, 6) is 0.383. The summed E-state index contributed by atoms with van der Waals surface area (Å²) in [6, 6.07) is 10.4. The Morgan fingerprint density at radius 3 is 2.69 bits per heavy atom. The van der Waals surface area contributed by atoms with E-state index in [4.69, 9.17) is 4.74 Å². The molecule has 0 radical (unpaired) electrons. The molecule has 2 aromatic heterocycles. The van der Waals surface area contributed by atoms with Crippen LogP contribution in [0.1, 0.15) is 23.0 Å². The quantitative estimate of drug-likeness (QED) is 0.608. The summed E-state index contributed by atoms with van der Waals surface area (Å²) in [7, 11) is 1.74. The lowest BCUT2D eigenvalue weighted by Gasteiger charge is -2.11. The monoisotopic (exact) mass is 409 g/mol. The minimum absolute atomic E-state index is 0.379. The number of carbonyl (C=O) groups excluding carboxylic acids is 2. The van der Waals surface area contributed by atoms with Gasteiger partial charge in [0.15, 0.2) is 6.04 Å². The van der Waals surface area contributed by atoms with Gasteiger partial charge < -0.3 is 10.1 Å². The maximum Gasteiger partial charge on any atom is 0.322 e. The summed E-state index contributed by atoms with van der Waals surface area (Å²) in [4.78, 5) is 29.4. The molecule has 0 aliphatic carbocycles. The van der Waals surface area contributed by atoms with Gasteiger partial charge in [-0.05, 0) is 48.9 Å². The number of pyridine rings is 1. The second-order valence-corrected chi connectivity index (χ2v) is 7.70. The van der Waals surface area contributed by atoms with E-state index in [1.54, 1.807) is 24.1 Å². The van der Waals surface area contributed by atoms with Crippen LogP contribution >= 0.6 is 11.8 Å². The van der Waals surface area contributed by atoms with Gasteiger partial charge >= 0.3 is 6.03 Å². The van der Waals surface area contributed by atoms with Crippen molar-refractivity contribution < 1.29 is 14.3 Å². The van der Waals surface area contributed by atoms with Crippen LogP contribution in [-0.2, 0) is 18.4 Å². The molecule has 0 spiro atoms. The summed E-state index contributed by atoms with van der Waals surface area (Å²) >= 11 is 1.47. The molecule has 1 aliphatic heterocycles. The largest absolute Gasteiger partial charge is 0.489 e. The molecular weight excluding hydrogens is 390 g/mol. The van der Waals surface area contributed by atoms with E-state index < -0.39 is 12.1 Å². The fourth-order valence-electron chi connectivity index (χ4n) is 3.04. The van der Waals surface area contributed by atoms with Gasteiger partial charge in [0, 0.05) is 23.8 Å². The molecule has 3 amide bonds. The first-order chi connectivity index (χ1) is 14.0. The van der Waals surface area contributed by atoms with Gasteiger partial charge in [-0.3, -0.25) is 19.8 Å². The lowest BCUT2D eigenvalue weighted by atomic mass is 10.2.